The van der Waals surface area contributed by atoms with Crippen LogP contribution in [0.25, 0.3) is 22.5 Å². The number of furan rings is 1. The molecule has 7 heteroatoms. The topological polar surface area (TPSA) is 90.9 Å². The highest BCUT2D eigenvalue weighted by Gasteiger charge is 2.25. The number of hydrogen-bond acceptors (Lipinski definition) is 6. The predicted octanol–water partition coefficient (Wildman–Crippen LogP) is 4.34. The lowest BCUT2D eigenvalue weighted by Gasteiger charge is -2.26. The van der Waals surface area contributed by atoms with Crippen LogP contribution in [0.2, 0.25) is 0 Å². The minimum atomic E-state index is -0.285. The van der Waals surface area contributed by atoms with Crippen molar-refractivity contribution in [2.75, 3.05) is 20.3 Å². The molecule has 0 spiro atoms. The molecule has 1 unspecified atom stereocenters. The summed E-state index contributed by atoms with van der Waals surface area (Å²) in [5.41, 5.74) is 3.71. The maximum atomic E-state index is 13.0. The van der Waals surface area contributed by atoms with Crippen molar-refractivity contribution in [3.8, 4) is 17.1 Å². The smallest absolute Gasteiger partial charge is 0.228 e. The zero-order chi connectivity index (χ0) is 23.7. The average molecular weight is 459 g/mol. The van der Waals surface area contributed by atoms with Crippen molar-refractivity contribution < 1.29 is 23.1 Å². The molecule has 1 N–H and O–H groups in total. The lowest BCUT2D eigenvalue weighted by Crippen LogP contribution is -2.32. The lowest BCUT2D eigenvalue weighted by atomic mass is 9.97. The predicted molar refractivity (Wildman–Crippen MR) is 127 cm³/mol. The van der Waals surface area contributed by atoms with E-state index in [1.54, 1.807) is 26.2 Å². The minimum absolute atomic E-state index is 0.00484. The second kappa shape index (κ2) is 9.19. The van der Waals surface area contributed by atoms with Gasteiger partial charge >= 0.3 is 0 Å². The van der Waals surface area contributed by atoms with Crippen LogP contribution in [0.1, 0.15) is 28.6 Å². The molecule has 0 bridgehead atoms. The molecule has 5 rings (SSSR count). The van der Waals surface area contributed by atoms with Crippen LogP contribution < -0.4 is 15.5 Å². The molecular weight excluding hydrogens is 434 g/mol. The van der Waals surface area contributed by atoms with Gasteiger partial charge in [-0.15, -0.1) is 0 Å². The lowest BCUT2D eigenvalue weighted by molar-refractivity contribution is -0.121. The normalized spacial score (nSPS) is 15.2. The molecule has 1 aliphatic rings. The molecule has 3 heterocycles. The zero-order valence-corrected chi connectivity index (χ0v) is 19.1. The summed E-state index contributed by atoms with van der Waals surface area (Å²) in [6.07, 6.45) is 0.664. The van der Waals surface area contributed by atoms with Crippen LogP contribution in [0.4, 0.5) is 0 Å². The van der Waals surface area contributed by atoms with Gasteiger partial charge in [0.1, 0.15) is 23.4 Å². The number of fused-ring (bicyclic) bond motifs is 2. The Morgan fingerprint density at radius 1 is 1.09 bits per heavy atom. The first-order chi connectivity index (χ1) is 16.5. The van der Waals surface area contributed by atoms with Gasteiger partial charge in [-0.25, -0.2) is 0 Å². The van der Waals surface area contributed by atoms with E-state index >= 15 is 0 Å². The molecule has 0 saturated heterocycles. The van der Waals surface area contributed by atoms with Crippen LogP contribution in [0, 0.1) is 6.92 Å². The third-order valence-corrected chi connectivity index (χ3v) is 6.05. The van der Waals surface area contributed by atoms with Crippen LogP contribution in [0.5, 0.6) is 5.75 Å². The molecule has 0 fully saturated rings. The van der Waals surface area contributed by atoms with Gasteiger partial charge in [0.2, 0.25) is 16.9 Å². The molecule has 4 aromatic rings. The number of ether oxygens (including phenoxy) is 2. The van der Waals surface area contributed by atoms with Crippen molar-refractivity contribution in [3.05, 3.63) is 87.3 Å². The number of nitrogens with one attached hydrogen (secondary N) is 1. The number of rotatable bonds is 6. The Balaban J connectivity index is 1.43. The number of hydrogen-bond donors (Lipinski definition) is 1. The molecule has 174 valence electrons. The van der Waals surface area contributed by atoms with Gasteiger partial charge in [0.15, 0.2) is 5.58 Å². The third-order valence-electron chi connectivity index (χ3n) is 6.05. The van der Waals surface area contributed by atoms with Crippen molar-refractivity contribution in [2.24, 2.45) is 0 Å². The van der Waals surface area contributed by atoms with E-state index in [1.807, 2.05) is 30.3 Å². The van der Waals surface area contributed by atoms with E-state index in [-0.39, 0.29) is 29.4 Å². The first kappa shape index (κ1) is 22.0. The number of aryl methyl sites for hydroxylation is 1. The van der Waals surface area contributed by atoms with E-state index in [2.05, 4.69) is 11.4 Å². The van der Waals surface area contributed by atoms with Crippen molar-refractivity contribution in [1.82, 2.24) is 5.32 Å². The Hall–Kier alpha value is -3.84. The maximum absolute atomic E-state index is 13.0. The van der Waals surface area contributed by atoms with E-state index in [9.17, 15) is 9.59 Å². The first-order valence-corrected chi connectivity index (χ1v) is 11.2. The van der Waals surface area contributed by atoms with Gasteiger partial charge in [0, 0.05) is 18.2 Å². The Kier molecular flexibility index (Phi) is 5.94. The van der Waals surface area contributed by atoms with Gasteiger partial charge in [0.05, 0.1) is 25.7 Å². The van der Waals surface area contributed by atoms with E-state index in [0.29, 0.717) is 41.6 Å². The SMILES string of the molecule is COc1ccc(-c2oc3c(=O)cc(C)oc3c2CC(=O)NCC2OCCc3ccccc32)cc1. The first-order valence-electron chi connectivity index (χ1n) is 11.2. The summed E-state index contributed by atoms with van der Waals surface area (Å²) < 4.78 is 22.9. The number of carbonyl (C=O) groups is 1. The molecule has 0 aliphatic carbocycles. The average Bonchev–Trinajstić information content (AvgIpc) is 3.21. The van der Waals surface area contributed by atoms with Crippen molar-refractivity contribution in [1.29, 1.82) is 0 Å². The quantitative estimate of drug-likeness (QED) is 0.461. The zero-order valence-electron chi connectivity index (χ0n) is 19.1. The maximum Gasteiger partial charge on any atom is 0.228 e. The summed E-state index contributed by atoms with van der Waals surface area (Å²) in [6.45, 7) is 2.67. The molecule has 1 aliphatic heterocycles. The molecule has 1 amide bonds. The van der Waals surface area contributed by atoms with E-state index < -0.39 is 0 Å². The Labute approximate surface area is 196 Å². The molecule has 0 saturated carbocycles. The van der Waals surface area contributed by atoms with Crippen LogP contribution in [0.3, 0.4) is 0 Å². The molecule has 2 aromatic carbocycles. The fraction of sp³-hybridized carbons (Fsp3) is 0.259. The Morgan fingerprint density at radius 2 is 1.88 bits per heavy atom. The summed E-state index contributed by atoms with van der Waals surface area (Å²) in [7, 11) is 1.59. The van der Waals surface area contributed by atoms with E-state index in [0.717, 1.165) is 17.5 Å². The highest BCUT2D eigenvalue weighted by atomic mass is 16.5. The summed E-state index contributed by atoms with van der Waals surface area (Å²) in [4.78, 5) is 25.6. The van der Waals surface area contributed by atoms with Crippen LogP contribution >= 0.6 is 0 Å². The van der Waals surface area contributed by atoms with Crippen LogP contribution in [-0.4, -0.2) is 26.2 Å². The fourth-order valence-electron chi connectivity index (χ4n) is 4.37. The Morgan fingerprint density at radius 3 is 2.68 bits per heavy atom. The molecule has 2 aromatic heterocycles. The molecule has 0 radical (unpaired) electrons. The number of carbonyl (C=O) groups excluding carboxylic acids is 1. The molecular formula is C27H25NO6. The molecule has 1 atom stereocenters. The van der Waals surface area contributed by atoms with Gasteiger partial charge in [-0.2, -0.15) is 0 Å². The van der Waals surface area contributed by atoms with Crippen LogP contribution in [-0.2, 0) is 22.4 Å². The van der Waals surface area contributed by atoms with Crippen LogP contribution in [0.15, 0.2) is 68.2 Å². The molecule has 7 nitrogen and oxygen atoms in total. The van der Waals surface area contributed by atoms with E-state index in [4.69, 9.17) is 18.3 Å². The van der Waals surface area contributed by atoms with Crippen molar-refractivity contribution in [3.63, 3.8) is 0 Å². The second-order valence-electron chi connectivity index (χ2n) is 8.31. The van der Waals surface area contributed by atoms with Gasteiger partial charge < -0.3 is 23.6 Å². The highest BCUT2D eigenvalue weighted by molar-refractivity contribution is 5.90. The summed E-state index contributed by atoms with van der Waals surface area (Å²) in [6, 6.07) is 16.7. The van der Waals surface area contributed by atoms with E-state index in [1.165, 1.54) is 11.6 Å². The summed E-state index contributed by atoms with van der Waals surface area (Å²) in [5, 5.41) is 2.98. The number of amides is 1. The second-order valence-corrected chi connectivity index (χ2v) is 8.31. The van der Waals surface area contributed by atoms with Gasteiger partial charge in [-0.05, 0) is 48.7 Å². The summed E-state index contributed by atoms with van der Waals surface area (Å²) >= 11 is 0. The number of methoxy groups -OCH3 is 1. The monoisotopic (exact) mass is 459 g/mol. The van der Waals surface area contributed by atoms with Gasteiger partial charge in [-0.3, -0.25) is 9.59 Å². The summed E-state index contributed by atoms with van der Waals surface area (Å²) in [5.74, 6) is 1.36. The van der Waals surface area contributed by atoms with Crippen molar-refractivity contribution >= 4 is 17.1 Å². The molecule has 34 heavy (non-hydrogen) atoms. The largest absolute Gasteiger partial charge is 0.497 e. The number of benzene rings is 2. The van der Waals surface area contributed by atoms with Crippen molar-refractivity contribution in [2.45, 2.75) is 25.9 Å². The highest BCUT2D eigenvalue weighted by Crippen LogP contribution is 2.34. The fourth-order valence-corrected chi connectivity index (χ4v) is 4.37. The minimum Gasteiger partial charge on any atom is -0.497 e. The Bertz CT molecular complexity index is 1400. The van der Waals surface area contributed by atoms with Gasteiger partial charge in [0.25, 0.3) is 0 Å². The standard InChI is InChI=1S/C27H25NO6/c1-16-13-22(29)27-26(33-16)21(25(34-27)18-7-9-19(31-2)10-8-18)14-24(30)28-15-23-20-6-4-3-5-17(20)11-12-32-23/h3-10,13,23H,11-12,14-15H2,1-2H3,(H,28,30). The third kappa shape index (κ3) is 4.22. The van der Waals surface area contributed by atoms with Gasteiger partial charge in [-0.1, -0.05) is 24.3 Å².